The zero-order valence-electron chi connectivity index (χ0n) is 17.0. The molecule has 150 valence electrons. The maximum Gasteiger partial charge on any atom is 0.150 e. The second-order valence-electron chi connectivity index (χ2n) is 7.29. The van der Waals surface area contributed by atoms with E-state index in [1.54, 1.807) is 7.11 Å². The van der Waals surface area contributed by atoms with Gasteiger partial charge < -0.3 is 4.74 Å². The van der Waals surface area contributed by atoms with E-state index in [1.807, 2.05) is 72.8 Å². The fourth-order valence-electron chi connectivity index (χ4n) is 3.79. The van der Waals surface area contributed by atoms with Gasteiger partial charge in [-0.3, -0.25) is 9.20 Å². The van der Waals surface area contributed by atoms with E-state index in [2.05, 4.69) is 28.8 Å². The monoisotopic (exact) mass is 404 g/mol. The Balaban J connectivity index is 1.73. The number of carbonyl (C=O) groups excluding carboxylic acids is 1. The van der Waals surface area contributed by atoms with E-state index < -0.39 is 0 Å². The number of pyridine rings is 1. The molecule has 4 nitrogen and oxygen atoms in total. The molecule has 0 unspecified atom stereocenters. The first-order valence-corrected chi connectivity index (χ1v) is 10.0. The predicted octanol–water partition coefficient (Wildman–Crippen LogP) is 6.16. The number of hydrogen-bond acceptors (Lipinski definition) is 3. The van der Waals surface area contributed by atoms with Crippen LogP contribution in [-0.2, 0) is 0 Å². The van der Waals surface area contributed by atoms with Gasteiger partial charge in [-0.25, -0.2) is 4.98 Å². The number of nitrogens with zero attached hydrogens (tertiary/aromatic N) is 2. The second kappa shape index (κ2) is 7.92. The minimum absolute atomic E-state index is 0.651. The lowest BCUT2D eigenvalue weighted by Gasteiger charge is -2.09. The lowest BCUT2D eigenvalue weighted by molar-refractivity contribution is 0.112. The molecule has 2 heterocycles. The number of ether oxygens (including phenoxy) is 1. The fraction of sp³-hybridized carbons (Fsp3) is 0.0370. The van der Waals surface area contributed by atoms with Crippen molar-refractivity contribution in [3.8, 4) is 39.4 Å². The first-order chi connectivity index (χ1) is 15.3. The van der Waals surface area contributed by atoms with Gasteiger partial charge in [-0.15, -0.1) is 0 Å². The quantitative estimate of drug-likeness (QED) is 0.330. The van der Waals surface area contributed by atoms with Gasteiger partial charge in [0.25, 0.3) is 0 Å². The number of hydrogen-bond donors (Lipinski definition) is 0. The summed E-state index contributed by atoms with van der Waals surface area (Å²) in [4.78, 5) is 16.1. The maximum absolute atomic E-state index is 11.1. The van der Waals surface area contributed by atoms with Crippen LogP contribution in [0.2, 0.25) is 0 Å². The molecule has 0 N–H and O–H groups in total. The van der Waals surface area contributed by atoms with E-state index in [0.29, 0.717) is 5.56 Å². The van der Waals surface area contributed by atoms with E-state index in [0.717, 1.165) is 51.3 Å². The van der Waals surface area contributed by atoms with Crippen LogP contribution in [0.25, 0.3) is 39.3 Å². The fourth-order valence-corrected chi connectivity index (χ4v) is 3.79. The summed E-state index contributed by atoms with van der Waals surface area (Å²) in [6, 6.07) is 29.9. The van der Waals surface area contributed by atoms with E-state index in [4.69, 9.17) is 9.72 Å². The Bertz CT molecular complexity index is 1350. The van der Waals surface area contributed by atoms with Crippen LogP contribution in [0.4, 0.5) is 0 Å². The van der Waals surface area contributed by atoms with E-state index in [-0.39, 0.29) is 0 Å². The maximum atomic E-state index is 11.1. The molecule has 4 heteroatoms. The largest absolute Gasteiger partial charge is 0.497 e. The summed E-state index contributed by atoms with van der Waals surface area (Å²) < 4.78 is 7.41. The van der Waals surface area contributed by atoms with Crippen LogP contribution in [0, 0.1) is 0 Å². The van der Waals surface area contributed by atoms with Crippen LogP contribution in [-0.4, -0.2) is 22.8 Å². The number of aromatic nitrogens is 2. The summed E-state index contributed by atoms with van der Waals surface area (Å²) in [5.41, 5.74) is 7.65. The lowest BCUT2D eigenvalue weighted by atomic mass is 10.0. The molecule has 0 atom stereocenters. The van der Waals surface area contributed by atoms with Crippen molar-refractivity contribution in [3.63, 3.8) is 0 Å². The molecule has 2 aromatic heterocycles. The van der Waals surface area contributed by atoms with E-state index >= 15 is 0 Å². The number of aldehydes is 1. The Morgan fingerprint density at radius 3 is 2.10 bits per heavy atom. The molecule has 0 aliphatic rings. The standard InChI is InChI=1S/C27H20N2O2/c1-31-24-14-11-20(12-15-24)23-13-16-25-28-26(21-5-3-2-4-6-21)27(29(25)17-23)22-9-7-19(18-30)8-10-22/h2-18H,1H3. The molecule has 31 heavy (non-hydrogen) atoms. The van der Waals surface area contributed by atoms with Crippen molar-refractivity contribution in [3.05, 3.63) is 103 Å². The molecule has 0 amide bonds. The molecule has 0 fully saturated rings. The lowest BCUT2D eigenvalue weighted by Crippen LogP contribution is -1.92. The third-order valence-electron chi connectivity index (χ3n) is 5.41. The summed E-state index contributed by atoms with van der Waals surface area (Å²) in [7, 11) is 1.67. The molecular formula is C27H20N2O2. The second-order valence-corrected chi connectivity index (χ2v) is 7.29. The van der Waals surface area contributed by atoms with Crippen LogP contribution in [0.5, 0.6) is 5.75 Å². The van der Waals surface area contributed by atoms with E-state index in [1.165, 1.54) is 0 Å². The summed E-state index contributed by atoms with van der Waals surface area (Å²) in [5.74, 6) is 0.828. The van der Waals surface area contributed by atoms with Gasteiger partial charge >= 0.3 is 0 Å². The topological polar surface area (TPSA) is 43.6 Å². The molecule has 0 radical (unpaired) electrons. The number of benzene rings is 3. The highest BCUT2D eigenvalue weighted by Gasteiger charge is 2.16. The molecular weight excluding hydrogens is 384 g/mol. The average Bonchev–Trinajstić information content (AvgIpc) is 3.23. The van der Waals surface area contributed by atoms with E-state index in [9.17, 15) is 4.79 Å². The molecule has 0 aliphatic carbocycles. The van der Waals surface area contributed by atoms with Gasteiger partial charge in [0.2, 0.25) is 0 Å². The predicted molar refractivity (Wildman–Crippen MR) is 123 cm³/mol. The van der Waals surface area contributed by atoms with Crippen LogP contribution in [0.3, 0.4) is 0 Å². The SMILES string of the molecule is COc1ccc(-c2ccc3nc(-c4ccccc4)c(-c4ccc(C=O)cc4)n3c2)cc1. The summed E-state index contributed by atoms with van der Waals surface area (Å²) >= 11 is 0. The highest BCUT2D eigenvalue weighted by molar-refractivity contribution is 5.84. The Kier molecular flexibility index (Phi) is 4.81. The Labute approximate surface area is 180 Å². The third kappa shape index (κ3) is 3.49. The number of imidazole rings is 1. The number of rotatable bonds is 5. The molecule has 0 saturated heterocycles. The van der Waals surface area contributed by atoms with Crippen molar-refractivity contribution in [2.75, 3.05) is 7.11 Å². The van der Waals surface area contributed by atoms with Crippen LogP contribution in [0.15, 0.2) is 97.2 Å². The third-order valence-corrected chi connectivity index (χ3v) is 5.41. The Morgan fingerprint density at radius 2 is 1.42 bits per heavy atom. The molecule has 5 aromatic rings. The van der Waals surface area contributed by atoms with Crippen molar-refractivity contribution >= 4 is 11.9 Å². The Morgan fingerprint density at radius 1 is 0.742 bits per heavy atom. The first-order valence-electron chi connectivity index (χ1n) is 10.0. The summed E-state index contributed by atoms with van der Waals surface area (Å²) in [5, 5.41) is 0. The number of carbonyl (C=O) groups is 1. The molecule has 5 rings (SSSR count). The summed E-state index contributed by atoms with van der Waals surface area (Å²) in [6.45, 7) is 0. The highest BCUT2D eigenvalue weighted by Crippen LogP contribution is 2.34. The van der Waals surface area contributed by atoms with Crippen molar-refractivity contribution < 1.29 is 9.53 Å². The van der Waals surface area contributed by atoms with Gasteiger partial charge in [0.15, 0.2) is 0 Å². The van der Waals surface area contributed by atoms with Crippen molar-refractivity contribution in [1.82, 2.24) is 9.38 Å². The van der Waals surface area contributed by atoms with Gasteiger partial charge in [0, 0.05) is 22.9 Å². The van der Waals surface area contributed by atoms with Crippen LogP contribution < -0.4 is 4.74 Å². The highest BCUT2D eigenvalue weighted by atomic mass is 16.5. The zero-order valence-corrected chi connectivity index (χ0v) is 17.0. The average molecular weight is 404 g/mol. The number of methoxy groups -OCH3 is 1. The molecule has 0 bridgehead atoms. The molecule has 0 spiro atoms. The molecule has 3 aromatic carbocycles. The van der Waals surface area contributed by atoms with Gasteiger partial charge in [-0.1, -0.05) is 66.7 Å². The van der Waals surface area contributed by atoms with Gasteiger partial charge in [0.05, 0.1) is 18.5 Å². The first kappa shape index (κ1) is 18.8. The normalized spacial score (nSPS) is 10.9. The Hall–Kier alpha value is -4.18. The smallest absolute Gasteiger partial charge is 0.150 e. The van der Waals surface area contributed by atoms with Crippen molar-refractivity contribution in [2.45, 2.75) is 0 Å². The van der Waals surface area contributed by atoms with Gasteiger partial charge in [0.1, 0.15) is 17.7 Å². The summed E-state index contributed by atoms with van der Waals surface area (Å²) in [6.07, 6.45) is 2.97. The number of fused-ring (bicyclic) bond motifs is 1. The van der Waals surface area contributed by atoms with Crippen LogP contribution >= 0.6 is 0 Å². The molecule has 0 saturated carbocycles. The van der Waals surface area contributed by atoms with Crippen LogP contribution in [0.1, 0.15) is 10.4 Å². The van der Waals surface area contributed by atoms with Crippen molar-refractivity contribution in [1.29, 1.82) is 0 Å². The van der Waals surface area contributed by atoms with Crippen molar-refractivity contribution in [2.24, 2.45) is 0 Å². The zero-order chi connectivity index (χ0) is 21.2. The molecule has 0 aliphatic heterocycles. The minimum atomic E-state index is 0.651. The minimum Gasteiger partial charge on any atom is -0.497 e. The van der Waals surface area contributed by atoms with Gasteiger partial charge in [-0.05, 0) is 35.4 Å². The van der Waals surface area contributed by atoms with Gasteiger partial charge in [-0.2, -0.15) is 0 Å².